The summed E-state index contributed by atoms with van der Waals surface area (Å²) in [7, 11) is 0. The molecular weight excluding hydrogens is 320 g/mol. The molecule has 4 aromatic heterocycles. The van der Waals surface area contributed by atoms with E-state index in [9.17, 15) is 4.79 Å². The Hall–Kier alpha value is -2.81. The zero-order chi connectivity index (χ0) is 18.4. The van der Waals surface area contributed by atoms with Gasteiger partial charge in [0, 0.05) is 23.4 Å². The van der Waals surface area contributed by atoms with E-state index in [4.69, 9.17) is 0 Å². The van der Waals surface area contributed by atoms with E-state index >= 15 is 0 Å². The molecule has 4 heterocycles. The molecule has 132 valence electrons. The Morgan fingerprint density at radius 2 is 1.15 bits per heavy atom. The van der Waals surface area contributed by atoms with Gasteiger partial charge in [0.25, 0.3) is 0 Å². The number of aromatic nitrogens is 2. The molecule has 3 heteroatoms. The Labute approximate surface area is 153 Å². The molecule has 0 saturated heterocycles. The Kier molecular flexibility index (Phi) is 3.95. The molecule has 4 rings (SSSR count). The largest absolute Gasteiger partial charge is 0.313 e. The highest BCUT2D eigenvalue weighted by molar-refractivity contribution is 6.10. The molecule has 0 bridgehead atoms. The molecule has 0 fully saturated rings. The monoisotopic (exact) mass is 344 g/mol. The molecule has 26 heavy (non-hydrogen) atoms. The summed E-state index contributed by atoms with van der Waals surface area (Å²) < 4.78 is 4.06. The fraction of sp³-hybridized carbons (Fsp3) is 0.261. The minimum absolute atomic E-state index is 0.0924. The van der Waals surface area contributed by atoms with Crippen LogP contribution in [0.25, 0.3) is 11.0 Å². The molecule has 0 spiro atoms. The standard InChI is InChI=1S/C23H24N2O/c1-15(2)19-13-17-9-5-7-11-24(17)21(19)23(26)22-20(16(3)4)14-18-10-6-8-12-25(18)22/h5-16H,1-4H3. The van der Waals surface area contributed by atoms with Gasteiger partial charge in [0.1, 0.15) is 0 Å². The number of carbonyl (C=O) groups is 1. The van der Waals surface area contributed by atoms with Gasteiger partial charge in [-0.15, -0.1) is 0 Å². The SMILES string of the molecule is CC(C)c1cc2ccccn2c1C(=O)c1c(C(C)C)cc2ccccn12. The third-order valence-corrected chi connectivity index (χ3v) is 5.09. The number of nitrogens with zero attached hydrogens (tertiary/aromatic N) is 2. The zero-order valence-corrected chi connectivity index (χ0v) is 15.7. The lowest BCUT2D eigenvalue weighted by atomic mass is 9.96. The van der Waals surface area contributed by atoms with Crippen LogP contribution in [-0.4, -0.2) is 14.6 Å². The molecule has 0 N–H and O–H groups in total. The Morgan fingerprint density at radius 3 is 1.54 bits per heavy atom. The molecule has 0 aromatic carbocycles. The van der Waals surface area contributed by atoms with Crippen LogP contribution < -0.4 is 0 Å². The quantitative estimate of drug-likeness (QED) is 0.438. The molecule has 0 aliphatic carbocycles. The van der Waals surface area contributed by atoms with Crippen LogP contribution in [-0.2, 0) is 0 Å². The van der Waals surface area contributed by atoms with E-state index in [1.54, 1.807) is 0 Å². The Bertz CT molecular complexity index is 1020. The van der Waals surface area contributed by atoms with Gasteiger partial charge >= 0.3 is 0 Å². The first-order valence-electron chi connectivity index (χ1n) is 9.23. The zero-order valence-electron chi connectivity index (χ0n) is 15.7. The predicted octanol–water partition coefficient (Wildman–Crippen LogP) is 5.67. The topological polar surface area (TPSA) is 25.9 Å². The molecule has 0 atom stereocenters. The molecule has 0 radical (unpaired) electrons. The van der Waals surface area contributed by atoms with Gasteiger partial charge in [-0.1, -0.05) is 39.8 Å². The molecule has 0 saturated carbocycles. The van der Waals surface area contributed by atoms with Crippen molar-refractivity contribution in [2.75, 3.05) is 0 Å². The average Bonchev–Trinajstić information content (AvgIpc) is 3.20. The normalized spacial score (nSPS) is 11.9. The number of carbonyl (C=O) groups excluding carboxylic acids is 1. The highest BCUT2D eigenvalue weighted by Gasteiger charge is 2.26. The fourth-order valence-corrected chi connectivity index (χ4v) is 3.76. The maximum Gasteiger partial charge on any atom is 0.227 e. The predicted molar refractivity (Wildman–Crippen MR) is 106 cm³/mol. The van der Waals surface area contributed by atoms with Gasteiger partial charge in [-0.2, -0.15) is 0 Å². The van der Waals surface area contributed by atoms with Crippen molar-refractivity contribution in [1.82, 2.24) is 8.80 Å². The third-order valence-electron chi connectivity index (χ3n) is 5.09. The summed E-state index contributed by atoms with van der Waals surface area (Å²) in [6, 6.07) is 16.4. The molecule has 3 nitrogen and oxygen atoms in total. The van der Waals surface area contributed by atoms with Gasteiger partial charge in [-0.3, -0.25) is 4.79 Å². The van der Waals surface area contributed by atoms with Crippen LogP contribution in [0.4, 0.5) is 0 Å². The van der Waals surface area contributed by atoms with Crippen molar-refractivity contribution in [1.29, 1.82) is 0 Å². The highest BCUT2D eigenvalue weighted by Crippen LogP contribution is 2.31. The number of hydrogen-bond acceptors (Lipinski definition) is 1. The van der Waals surface area contributed by atoms with Gasteiger partial charge in [0.15, 0.2) is 0 Å². The molecule has 0 aliphatic heterocycles. The number of ketones is 1. The van der Waals surface area contributed by atoms with Crippen molar-refractivity contribution in [2.45, 2.75) is 39.5 Å². The summed E-state index contributed by atoms with van der Waals surface area (Å²) in [5.41, 5.74) is 5.88. The lowest BCUT2D eigenvalue weighted by Crippen LogP contribution is -2.13. The second-order valence-corrected chi connectivity index (χ2v) is 7.53. The van der Waals surface area contributed by atoms with E-state index in [2.05, 4.69) is 52.0 Å². The van der Waals surface area contributed by atoms with E-state index < -0.39 is 0 Å². The fourth-order valence-electron chi connectivity index (χ4n) is 3.76. The van der Waals surface area contributed by atoms with Crippen molar-refractivity contribution in [3.63, 3.8) is 0 Å². The summed E-state index contributed by atoms with van der Waals surface area (Å²) in [5.74, 6) is 0.653. The van der Waals surface area contributed by atoms with E-state index in [0.717, 1.165) is 33.5 Å². The van der Waals surface area contributed by atoms with E-state index in [1.165, 1.54) is 0 Å². The van der Waals surface area contributed by atoms with E-state index in [0.29, 0.717) is 0 Å². The smallest absolute Gasteiger partial charge is 0.227 e. The van der Waals surface area contributed by atoms with Crippen molar-refractivity contribution in [3.05, 3.63) is 83.4 Å². The number of hydrogen-bond donors (Lipinski definition) is 0. The molecular formula is C23H24N2O. The van der Waals surface area contributed by atoms with Crippen LogP contribution in [0.2, 0.25) is 0 Å². The van der Waals surface area contributed by atoms with Crippen LogP contribution in [0.3, 0.4) is 0 Å². The van der Waals surface area contributed by atoms with Crippen molar-refractivity contribution in [2.24, 2.45) is 0 Å². The second kappa shape index (κ2) is 6.17. The summed E-state index contributed by atoms with van der Waals surface area (Å²) >= 11 is 0. The highest BCUT2D eigenvalue weighted by atomic mass is 16.1. The van der Waals surface area contributed by atoms with Gasteiger partial charge in [0.05, 0.1) is 11.4 Å². The summed E-state index contributed by atoms with van der Waals surface area (Å²) in [6.07, 6.45) is 3.97. The minimum atomic E-state index is 0.0924. The van der Waals surface area contributed by atoms with Crippen LogP contribution in [0.5, 0.6) is 0 Å². The van der Waals surface area contributed by atoms with E-state index in [-0.39, 0.29) is 17.6 Å². The summed E-state index contributed by atoms with van der Waals surface area (Å²) in [6.45, 7) is 8.58. The number of pyridine rings is 2. The van der Waals surface area contributed by atoms with Crippen molar-refractivity contribution in [3.8, 4) is 0 Å². The van der Waals surface area contributed by atoms with E-state index in [1.807, 2.05) is 45.5 Å². The molecule has 4 aromatic rings. The first-order chi connectivity index (χ1) is 12.5. The van der Waals surface area contributed by atoms with Crippen LogP contribution >= 0.6 is 0 Å². The summed E-state index contributed by atoms with van der Waals surface area (Å²) in [5, 5.41) is 0. The van der Waals surface area contributed by atoms with Gasteiger partial charge < -0.3 is 8.80 Å². The average molecular weight is 344 g/mol. The molecule has 0 amide bonds. The van der Waals surface area contributed by atoms with Crippen LogP contribution in [0.1, 0.15) is 66.8 Å². The van der Waals surface area contributed by atoms with Crippen LogP contribution in [0.15, 0.2) is 60.9 Å². The van der Waals surface area contributed by atoms with Gasteiger partial charge in [0.2, 0.25) is 5.78 Å². The lowest BCUT2D eigenvalue weighted by Gasteiger charge is -2.12. The van der Waals surface area contributed by atoms with Gasteiger partial charge in [-0.25, -0.2) is 0 Å². The minimum Gasteiger partial charge on any atom is -0.313 e. The Balaban J connectivity index is 2.03. The first kappa shape index (κ1) is 16.6. The molecule has 0 aliphatic rings. The van der Waals surface area contributed by atoms with Crippen molar-refractivity contribution < 1.29 is 4.79 Å². The maximum atomic E-state index is 13.8. The van der Waals surface area contributed by atoms with Gasteiger partial charge in [-0.05, 0) is 59.4 Å². The van der Waals surface area contributed by atoms with Crippen molar-refractivity contribution >= 4 is 16.8 Å². The number of fused-ring (bicyclic) bond motifs is 2. The first-order valence-corrected chi connectivity index (χ1v) is 9.23. The number of rotatable bonds is 4. The second-order valence-electron chi connectivity index (χ2n) is 7.53. The lowest BCUT2D eigenvalue weighted by molar-refractivity contribution is 0.102. The van der Waals surface area contributed by atoms with Crippen LogP contribution in [0, 0.1) is 0 Å². The maximum absolute atomic E-state index is 13.8. The molecule has 0 unspecified atom stereocenters. The Morgan fingerprint density at radius 1 is 0.731 bits per heavy atom. The third kappa shape index (κ3) is 2.47. The summed E-state index contributed by atoms with van der Waals surface area (Å²) in [4.78, 5) is 13.8.